The molecule has 0 fully saturated rings. The first-order chi connectivity index (χ1) is 8.16. The molecule has 88 valence electrons. The summed E-state index contributed by atoms with van der Waals surface area (Å²) in [6.07, 6.45) is 2.69. The number of benzene rings is 1. The van der Waals surface area contributed by atoms with Crippen molar-refractivity contribution in [3.8, 4) is 0 Å². The van der Waals surface area contributed by atoms with Crippen molar-refractivity contribution in [2.45, 2.75) is 39.0 Å². The van der Waals surface area contributed by atoms with Crippen LogP contribution >= 0.6 is 0 Å². The predicted molar refractivity (Wildman–Crippen MR) is 69.7 cm³/mol. The standard InChI is InChI=1S/C15H17NO/c1-9(2)10-6-7-12-11(8-10)15-13(16-12)4-3-5-14(15)17/h6-9,16H,3-5H2,1-2H3. The Bertz CT molecular complexity index is 592. The molecule has 2 nitrogen and oxygen atoms in total. The summed E-state index contributed by atoms with van der Waals surface area (Å²) in [6.45, 7) is 4.37. The van der Waals surface area contributed by atoms with Gasteiger partial charge in [-0.25, -0.2) is 0 Å². The van der Waals surface area contributed by atoms with Crippen LogP contribution < -0.4 is 0 Å². The zero-order chi connectivity index (χ0) is 12.0. The number of aromatic nitrogens is 1. The number of aryl methyl sites for hydroxylation is 1. The molecule has 1 heterocycles. The first kappa shape index (κ1) is 10.6. The molecule has 0 saturated heterocycles. The molecule has 1 aliphatic carbocycles. The zero-order valence-corrected chi connectivity index (χ0v) is 10.3. The maximum atomic E-state index is 12.0. The van der Waals surface area contributed by atoms with Gasteiger partial charge in [-0.1, -0.05) is 19.9 Å². The van der Waals surface area contributed by atoms with E-state index in [4.69, 9.17) is 0 Å². The predicted octanol–water partition coefficient (Wildman–Crippen LogP) is 3.81. The molecule has 0 aliphatic heterocycles. The van der Waals surface area contributed by atoms with Crippen molar-refractivity contribution in [3.63, 3.8) is 0 Å². The Hall–Kier alpha value is -1.57. The number of Topliss-reactive ketones (excluding diaryl/α,β-unsaturated/α-hetero) is 1. The second kappa shape index (κ2) is 3.73. The molecule has 1 aliphatic rings. The number of H-pyrrole nitrogens is 1. The van der Waals surface area contributed by atoms with Gasteiger partial charge in [-0.15, -0.1) is 0 Å². The van der Waals surface area contributed by atoms with Crippen LogP contribution in [0.4, 0.5) is 0 Å². The lowest BCUT2D eigenvalue weighted by Gasteiger charge is -2.10. The highest BCUT2D eigenvalue weighted by Crippen LogP contribution is 2.31. The van der Waals surface area contributed by atoms with Crippen LogP contribution in [0.15, 0.2) is 18.2 Å². The van der Waals surface area contributed by atoms with Crippen molar-refractivity contribution >= 4 is 16.7 Å². The molecule has 0 radical (unpaired) electrons. The van der Waals surface area contributed by atoms with Gasteiger partial charge in [0.15, 0.2) is 5.78 Å². The van der Waals surface area contributed by atoms with Crippen LogP contribution in [-0.4, -0.2) is 10.8 Å². The summed E-state index contributed by atoms with van der Waals surface area (Å²) in [5.74, 6) is 0.807. The van der Waals surface area contributed by atoms with Crippen molar-refractivity contribution in [2.24, 2.45) is 0 Å². The Morgan fingerprint density at radius 2 is 2.06 bits per heavy atom. The Morgan fingerprint density at radius 3 is 2.82 bits per heavy atom. The first-order valence-electron chi connectivity index (χ1n) is 6.34. The summed E-state index contributed by atoms with van der Waals surface area (Å²) in [7, 11) is 0. The molecule has 1 aromatic carbocycles. The molecule has 0 bridgehead atoms. The van der Waals surface area contributed by atoms with Gasteiger partial charge in [-0.05, 0) is 36.5 Å². The van der Waals surface area contributed by atoms with Crippen molar-refractivity contribution in [1.29, 1.82) is 0 Å². The number of carbonyl (C=O) groups is 1. The topological polar surface area (TPSA) is 32.9 Å². The van der Waals surface area contributed by atoms with Crippen LogP contribution in [0.25, 0.3) is 10.9 Å². The van der Waals surface area contributed by atoms with Crippen LogP contribution in [-0.2, 0) is 6.42 Å². The van der Waals surface area contributed by atoms with Crippen LogP contribution in [0.1, 0.15) is 54.2 Å². The minimum absolute atomic E-state index is 0.304. The quantitative estimate of drug-likeness (QED) is 0.789. The fourth-order valence-corrected chi connectivity index (χ4v) is 2.68. The summed E-state index contributed by atoms with van der Waals surface area (Å²) in [6, 6.07) is 6.44. The van der Waals surface area contributed by atoms with Gasteiger partial charge in [0.1, 0.15) is 0 Å². The molecule has 0 amide bonds. The first-order valence-corrected chi connectivity index (χ1v) is 6.34. The Balaban J connectivity index is 2.27. The van der Waals surface area contributed by atoms with E-state index >= 15 is 0 Å². The highest BCUT2D eigenvalue weighted by molar-refractivity contribution is 6.10. The molecule has 1 N–H and O–H groups in total. The Kier molecular flexibility index (Phi) is 2.32. The van der Waals surface area contributed by atoms with E-state index in [1.807, 2.05) is 0 Å². The largest absolute Gasteiger partial charge is 0.358 e. The number of hydrogen-bond acceptors (Lipinski definition) is 1. The summed E-state index contributed by atoms with van der Waals surface area (Å²) >= 11 is 0. The number of aromatic amines is 1. The SMILES string of the molecule is CC(C)c1ccc2[nH]c3c(c2c1)C(=O)CCC3. The second-order valence-electron chi connectivity index (χ2n) is 5.22. The third kappa shape index (κ3) is 1.59. The molecule has 0 saturated carbocycles. The summed E-state index contributed by atoms with van der Waals surface area (Å²) in [5.41, 5.74) is 4.50. The average Bonchev–Trinajstić information content (AvgIpc) is 2.67. The van der Waals surface area contributed by atoms with Gasteiger partial charge in [0.05, 0.1) is 0 Å². The highest BCUT2D eigenvalue weighted by atomic mass is 16.1. The third-order valence-electron chi connectivity index (χ3n) is 3.68. The fraction of sp³-hybridized carbons (Fsp3) is 0.400. The van der Waals surface area contributed by atoms with E-state index in [0.29, 0.717) is 18.1 Å². The van der Waals surface area contributed by atoms with E-state index < -0.39 is 0 Å². The highest BCUT2D eigenvalue weighted by Gasteiger charge is 2.22. The van der Waals surface area contributed by atoms with Crippen molar-refractivity contribution in [1.82, 2.24) is 4.98 Å². The fourth-order valence-electron chi connectivity index (χ4n) is 2.68. The normalized spacial score (nSPS) is 15.6. The zero-order valence-electron chi connectivity index (χ0n) is 10.3. The van der Waals surface area contributed by atoms with Gasteiger partial charge in [0.25, 0.3) is 0 Å². The lowest BCUT2D eigenvalue weighted by atomic mass is 9.93. The second-order valence-corrected chi connectivity index (χ2v) is 5.22. The van der Waals surface area contributed by atoms with Crippen LogP contribution in [0.3, 0.4) is 0 Å². The maximum absolute atomic E-state index is 12.0. The summed E-state index contributed by atoms with van der Waals surface area (Å²) in [4.78, 5) is 15.4. The van der Waals surface area contributed by atoms with Crippen LogP contribution in [0, 0.1) is 0 Å². The van der Waals surface area contributed by atoms with Crippen molar-refractivity contribution < 1.29 is 4.79 Å². The number of hydrogen-bond donors (Lipinski definition) is 1. The monoisotopic (exact) mass is 227 g/mol. The number of ketones is 1. The van der Waals surface area contributed by atoms with Crippen LogP contribution in [0.5, 0.6) is 0 Å². The van der Waals surface area contributed by atoms with Gasteiger partial charge < -0.3 is 4.98 Å². The third-order valence-corrected chi connectivity index (χ3v) is 3.68. The lowest BCUT2D eigenvalue weighted by Crippen LogP contribution is -2.09. The summed E-state index contributed by atoms with van der Waals surface area (Å²) in [5, 5.41) is 1.12. The van der Waals surface area contributed by atoms with E-state index in [2.05, 4.69) is 37.0 Å². The van der Waals surface area contributed by atoms with Crippen molar-refractivity contribution in [2.75, 3.05) is 0 Å². The Labute approximate surface area is 101 Å². The number of fused-ring (bicyclic) bond motifs is 3. The molecule has 0 atom stereocenters. The number of carbonyl (C=O) groups excluding carboxylic acids is 1. The lowest BCUT2D eigenvalue weighted by molar-refractivity contribution is 0.0974. The minimum atomic E-state index is 0.304. The van der Waals surface area contributed by atoms with Crippen LogP contribution in [0.2, 0.25) is 0 Å². The van der Waals surface area contributed by atoms with Gasteiger partial charge in [-0.3, -0.25) is 4.79 Å². The molecule has 2 aromatic rings. The average molecular weight is 227 g/mol. The molecular weight excluding hydrogens is 210 g/mol. The van der Waals surface area contributed by atoms with Gasteiger partial charge in [-0.2, -0.15) is 0 Å². The maximum Gasteiger partial charge on any atom is 0.165 e. The molecular formula is C15H17NO. The van der Waals surface area contributed by atoms with E-state index in [1.54, 1.807) is 0 Å². The molecule has 3 rings (SSSR count). The minimum Gasteiger partial charge on any atom is -0.358 e. The van der Waals surface area contributed by atoms with E-state index in [0.717, 1.165) is 35.0 Å². The molecule has 0 unspecified atom stereocenters. The number of rotatable bonds is 1. The van der Waals surface area contributed by atoms with Crippen molar-refractivity contribution in [3.05, 3.63) is 35.0 Å². The summed E-state index contributed by atoms with van der Waals surface area (Å²) < 4.78 is 0. The van der Waals surface area contributed by atoms with Gasteiger partial charge in [0, 0.05) is 28.6 Å². The smallest absolute Gasteiger partial charge is 0.165 e. The molecule has 2 heteroatoms. The number of nitrogens with one attached hydrogen (secondary N) is 1. The van der Waals surface area contributed by atoms with Gasteiger partial charge in [0.2, 0.25) is 0 Å². The molecule has 1 aromatic heterocycles. The van der Waals surface area contributed by atoms with Gasteiger partial charge >= 0.3 is 0 Å². The van der Waals surface area contributed by atoms with E-state index in [1.165, 1.54) is 5.56 Å². The molecule has 0 spiro atoms. The van der Waals surface area contributed by atoms with E-state index in [9.17, 15) is 4.79 Å². The molecule has 17 heavy (non-hydrogen) atoms. The Morgan fingerprint density at radius 1 is 1.24 bits per heavy atom. The van der Waals surface area contributed by atoms with E-state index in [-0.39, 0.29) is 0 Å².